The zero-order valence-electron chi connectivity index (χ0n) is 10.1. The summed E-state index contributed by atoms with van der Waals surface area (Å²) >= 11 is 0. The van der Waals surface area contributed by atoms with E-state index >= 15 is 0 Å². The number of oxime groups is 1. The van der Waals surface area contributed by atoms with Crippen molar-refractivity contribution < 1.29 is 14.8 Å². The monoisotopic (exact) mass is 244 g/mol. The second-order valence-electron chi connectivity index (χ2n) is 4.11. The Morgan fingerprint density at radius 3 is 2.35 bits per heavy atom. The van der Waals surface area contributed by atoms with Crippen LogP contribution in [0.1, 0.15) is 26.7 Å². The number of primary amides is 1. The van der Waals surface area contributed by atoms with Gasteiger partial charge in [-0.3, -0.25) is 9.59 Å². The molecule has 0 rings (SSSR count). The van der Waals surface area contributed by atoms with E-state index in [9.17, 15) is 9.59 Å². The van der Waals surface area contributed by atoms with E-state index < -0.39 is 11.8 Å². The Morgan fingerprint density at radius 2 is 1.94 bits per heavy atom. The second kappa shape index (κ2) is 7.48. The molecule has 0 aromatic heterocycles. The first kappa shape index (κ1) is 15.2. The van der Waals surface area contributed by atoms with Crippen molar-refractivity contribution in [2.45, 2.75) is 26.7 Å². The van der Waals surface area contributed by atoms with Crippen LogP contribution in [0.5, 0.6) is 0 Å². The van der Waals surface area contributed by atoms with E-state index in [4.69, 9.17) is 16.7 Å². The zero-order valence-corrected chi connectivity index (χ0v) is 10.1. The summed E-state index contributed by atoms with van der Waals surface area (Å²) in [7, 11) is 0. The molecule has 0 aliphatic heterocycles. The van der Waals surface area contributed by atoms with Crippen molar-refractivity contribution in [3.63, 3.8) is 0 Å². The van der Waals surface area contributed by atoms with Gasteiger partial charge < -0.3 is 22.0 Å². The molecule has 2 amide bonds. The lowest BCUT2D eigenvalue weighted by Crippen LogP contribution is -2.42. The maximum absolute atomic E-state index is 11.7. The maximum atomic E-state index is 11.7. The van der Waals surface area contributed by atoms with E-state index in [-0.39, 0.29) is 24.1 Å². The highest BCUT2D eigenvalue weighted by Crippen LogP contribution is 2.11. The highest BCUT2D eigenvalue weighted by Gasteiger charge is 2.26. The quantitative estimate of drug-likeness (QED) is 0.156. The molecule has 98 valence electrons. The summed E-state index contributed by atoms with van der Waals surface area (Å²) in [4.78, 5) is 22.2. The summed E-state index contributed by atoms with van der Waals surface area (Å²) in [6, 6.07) is 0. The van der Waals surface area contributed by atoms with Crippen molar-refractivity contribution in [3.05, 3.63) is 0 Å². The third-order valence-electron chi connectivity index (χ3n) is 2.28. The standard InChI is InChI=1S/C10H20N4O3/c1-6(2)8(9(12)14-17)10(16)13-5-3-4-7(11)15/h6,8,17H,3-5H2,1-2H3,(H2,11,15)(H2,12,14)(H,13,16). The van der Waals surface area contributed by atoms with E-state index in [0.717, 1.165) is 0 Å². The number of hydrogen-bond acceptors (Lipinski definition) is 4. The number of nitrogens with one attached hydrogen (secondary N) is 1. The smallest absolute Gasteiger partial charge is 0.231 e. The third kappa shape index (κ3) is 5.74. The van der Waals surface area contributed by atoms with Gasteiger partial charge in [-0.05, 0) is 12.3 Å². The Hall–Kier alpha value is -1.79. The fourth-order valence-electron chi connectivity index (χ4n) is 1.42. The van der Waals surface area contributed by atoms with Crippen LogP contribution in [0.2, 0.25) is 0 Å². The van der Waals surface area contributed by atoms with Gasteiger partial charge in [0.25, 0.3) is 0 Å². The van der Waals surface area contributed by atoms with E-state index in [1.54, 1.807) is 13.8 Å². The molecule has 0 aromatic rings. The Labute approximate surface area is 100 Å². The predicted octanol–water partition coefficient (Wildman–Crippen LogP) is -0.613. The summed E-state index contributed by atoms with van der Waals surface area (Å²) in [5.74, 6) is -1.60. The molecule has 0 aliphatic rings. The average Bonchev–Trinajstić information content (AvgIpc) is 2.23. The Balaban J connectivity index is 4.21. The van der Waals surface area contributed by atoms with Crippen molar-refractivity contribution >= 4 is 17.6 Å². The molecule has 0 heterocycles. The number of amides is 2. The molecule has 0 aromatic carbocycles. The van der Waals surface area contributed by atoms with Crippen LogP contribution in [0.3, 0.4) is 0 Å². The lowest BCUT2D eigenvalue weighted by atomic mass is 9.94. The third-order valence-corrected chi connectivity index (χ3v) is 2.28. The van der Waals surface area contributed by atoms with Crippen LogP contribution in [-0.2, 0) is 9.59 Å². The molecule has 0 bridgehead atoms. The minimum absolute atomic E-state index is 0.0814. The molecular formula is C10H20N4O3. The van der Waals surface area contributed by atoms with Gasteiger partial charge in [0, 0.05) is 13.0 Å². The molecule has 0 fully saturated rings. The van der Waals surface area contributed by atoms with Crippen LogP contribution in [0.4, 0.5) is 0 Å². The number of hydrogen-bond donors (Lipinski definition) is 4. The van der Waals surface area contributed by atoms with Crippen molar-refractivity contribution in [3.8, 4) is 0 Å². The molecule has 0 radical (unpaired) electrons. The van der Waals surface area contributed by atoms with Crippen molar-refractivity contribution in [1.82, 2.24) is 5.32 Å². The molecule has 1 unspecified atom stereocenters. The number of amidine groups is 1. The molecular weight excluding hydrogens is 224 g/mol. The first-order valence-corrected chi connectivity index (χ1v) is 5.43. The van der Waals surface area contributed by atoms with E-state index in [1.165, 1.54) is 0 Å². The van der Waals surface area contributed by atoms with Crippen LogP contribution in [0, 0.1) is 11.8 Å². The van der Waals surface area contributed by atoms with Gasteiger partial charge in [0.05, 0.1) is 0 Å². The topological polar surface area (TPSA) is 131 Å². The summed E-state index contributed by atoms with van der Waals surface area (Å²) in [6.45, 7) is 3.93. The van der Waals surface area contributed by atoms with Crippen LogP contribution in [-0.4, -0.2) is 29.4 Å². The first-order chi connectivity index (χ1) is 7.90. The van der Waals surface area contributed by atoms with E-state index in [0.29, 0.717) is 13.0 Å². The predicted molar refractivity (Wildman–Crippen MR) is 63.2 cm³/mol. The second-order valence-corrected chi connectivity index (χ2v) is 4.11. The van der Waals surface area contributed by atoms with Crippen LogP contribution >= 0.6 is 0 Å². The molecule has 1 atom stereocenters. The van der Waals surface area contributed by atoms with Gasteiger partial charge in [-0.2, -0.15) is 0 Å². The van der Waals surface area contributed by atoms with Crippen LogP contribution < -0.4 is 16.8 Å². The van der Waals surface area contributed by atoms with Crippen LogP contribution in [0.25, 0.3) is 0 Å². The first-order valence-electron chi connectivity index (χ1n) is 5.43. The largest absolute Gasteiger partial charge is 0.409 e. The zero-order chi connectivity index (χ0) is 13.4. The number of carbonyl (C=O) groups excluding carboxylic acids is 2. The number of rotatable bonds is 7. The highest BCUT2D eigenvalue weighted by atomic mass is 16.4. The lowest BCUT2D eigenvalue weighted by Gasteiger charge is -2.18. The van der Waals surface area contributed by atoms with Crippen molar-refractivity contribution in [2.24, 2.45) is 28.5 Å². The lowest BCUT2D eigenvalue weighted by molar-refractivity contribution is -0.124. The van der Waals surface area contributed by atoms with Gasteiger partial charge in [-0.1, -0.05) is 19.0 Å². The average molecular weight is 244 g/mol. The minimum atomic E-state index is -0.673. The van der Waals surface area contributed by atoms with Gasteiger partial charge >= 0.3 is 0 Å². The maximum Gasteiger partial charge on any atom is 0.231 e. The summed E-state index contributed by atoms with van der Waals surface area (Å²) in [5.41, 5.74) is 10.4. The van der Waals surface area contributed by atoms with Crippen LogP contribution in [0.15, 0.2) is 5.16 Å². The SMILES string of the molecule is CC(C)C(C(=O)NCCCC(N)=O)C(N)=NO. The molecule has 0 saturated heterocycles. The number of carbonyl (C=O) groups is 2. The Kier molecular flexibility index (Phi) is 6.69. The molecule has 6 N–H and O–H groups in total. The van der Waals surface area contributed by atoms with Crippen molar-refractivity contribution in [2.75, 3.05) is 6.54 Å². The Bertz CT molecular complexity index is 302. The summed E-state index contributed by atoms with van der Waals surface area (Å²) in [6.07, 6.45) is 0.693. The highest BCUT2D eigenvalue weighted by molar-refractivity contribution is 6.02. The number of nitrogens with two attached hydrogens (primary N) is 2. The van der Waals surface area contributed by atoms with Gasteiger partial charge in [0.1, 0.15) is 5.92 Å². The fraction of sp³-hybridized carbons (Fsp3) is 0.700. The van der Waals surface area contributed by atoms with Gasteiger partial charge in [-0.25, -0.2) is 0 Å². The molecule has 17 heavy (non-hydrogen) atoms. The van der Waals surface area contributed by atoms with Gasteiger partial charge in [-0.15, -0.1) is 0 Å². The molecule has 7 nitrogen and oxygen atoms in total. The number of nitrogens with zero attached hydrogens (tertiary/aromatic N) is 1. The normalized spacial score (nSPS) is 13.5. The molecule has 7 heteroatoms. The van der Waals surface area contributed by atoms with Gasteiger partial charge in [0.15, 0.2) is 5.84 Å². The van der Waals surface area contributed by atoms with Crippen molar-refractivity contribution in [1.29, 1.82) is 0 Å². The minimum Gasteiger partial charge on any atom is -0.409 e. The van der Waals surface area contributed by atoms with E-state index in [1.807, 2.05) is 0 Å². The van der Waals surface area contributed by atoms with E-state index in [2.05, 4.69) is 10.5 Å². The molecule has 0 saturated carbocycles. The molecule has 0 aliphatic carbocycles. The Morgan fingerprint density at radius 1 is 1.35 bits per heavy atom. The van der Waals surface area contributed by atoms with Gasteiger partial charge in [0.2, 0.25) is 11.8 Å². The summed E-state index contributed by atoms with van der Waals surface area (Å²) in [5, 5.41) is 14.0. The fourth-order valence-corrected chi connectivity index (χ4v) is 1.42. The molecule has 0 spiro atoms. The summed E-state index contributed by atoms with van der Waals surface area (Å²) < 4.78 is 0.